The lowest BCUT2D eigenvalue weighted by Crippen LogP contribution is -2.23. The molecule has 0 aliphatic carbocycles. The normalized spacial score (nSPS) is 11.2. The standard InChI is InChI=1S/C15H25NO/c1-12(2)16-10-6-8-14-7-5-9-15(11-14)17-13(3)4/h5,7,9,11-13,16H,6,8,10H2,1-4H3. The monoisotopic (exact) mass is 235 g/mol. The van der Waals surface area contributed by atoms with Crippen LogP contribution in [0, 0.1) is 0 Å². The molecule has 17 heavy (non-hydrogen) atoms. The second kappa shape index (κ2) is 7.33. The molecule has 0 heterocycles. The SMILES string of the molecule is CC(C)NCCCc1cccc(OC(C)C)c1. The van der Waals surface area contributed by atoms with Crippen LogP contribution < -0.4 is 10.1 Å². The maximum Gasteiger partial charge on any atom is 0.119 e. The van der Waals surface area contributed by atoms with Crippen molar-refractivity contribution in [3.8, 4) is 5.75 Å². The molecule has 0 spiro atoms. The van der Waals surface area contributed by atoms with Crippen molar-refractivity contribution in [2.75, 3.05) is 6.54 Å². The maximum atomic E-state index is 5.68. The molecule has 0 bridgehead atoms. The molecule has 1 aromatic carbocycles. The van der Waals surface area contributed by atoms with Gasteiger partial charge in [0.2, 0.25) is 0 Å². The summed E-state index contributed by atoms with van der Waals surface area (Å²) in [5, 5.41) is 3.43. The van der Waals surface area contributed by atoms with E-state index in [0.29, 0.717) is 6.04 Å². The Morgan fingerprint density at radius 2 is 1.94 bits per heavy atom. The minimum atomic E-state index is 0.243. The molecule has 1 N–H and O–H groups in total. The molecular formula is C15H25NO. The molecule has 0 saturated carbocycles. The van der Waals surface area contributed by atoms with Crippen LogP contribution in [0.5, 0.6) is 5.75 Å². The van der Waals surface area contributed by atoms with Crippen molar-refractivity contribution < 1.29 is 4.74 Å². The molecule has 0 aliphatic rings. The van der Waals surface area contributed by atoms with E-state index in [1.54, 1.807) is 0 Å². The van der Waals surface area contributed by atoms with Gasteiger partial charge in [0.05, 0.1) is 6.10 Å². The number of nitrogens with one attached hydrogen (secondary N) is 1. The van der Waals surface area contributed by atoms with Gasteiger partial charge >= 0.3 is 0 Å². The van der Waals surface area contributed by atoms with Gasteiger partial charge in [0.15, 0.2) is 0 Å². The molecule has 0 saturated heterocycles. The van der Waals surface area contributed by atoms with Crippen molar-refractivity contribution >= 4 is 0 Å². The summed E-state index contributed by atoms with van der Waals surface area (Å²) in [7, 11) is 0. The molecule has 0 radical (unpaired) electrons. The fourth-order valence-corrected chi connectivity index (χ4v) is 1.73. The zero-order valence-electron chi connectivity index (χ0n) is 11.5. The quantitative estimate of drug-likeness (QED) is 0.731. The number of hydrogen-bond acceptors (Lipinski definition) is 2. The van der Waals surface area contributed by atoms with Crippen molar-refractivity contribution in [2.45, 2.75) is 52.7 Å². The molecule has 0 amide bonds. The van der Waals surface area contributed by atoms with Crippen molar-refractivity contribution in [3.63, 3.8) is 0 Å². The van der Waals surface area contributed by atoms with E-state index >= 15 is 0 Å². The summed E-state index contributed by atoms with van der Waals surface area (Å²) >= 11 is 0. The Morgan fingerprint density at radius 1 is 1.18 bits per heavy atom. The largest absolute Gasteiger partial charge is 0.491 e. The van der Waals surface area contributed by atoms with Crippen LogP contribution in [0.2, 0.25) is 0 Å². The van der Waals surface area contributed by atoms with Gasteiger partial charge in [0.1, 0.15) is 5.75 Å². The highest BCUT2D eigenvalue weighted by Gasteiger charge is 2.00. The van der Waals surface area contributed by atoms with E-state index in [4.69, 9.17) is 4.74 Å². The number of hydrogen-bond donors (Lipinski definition) is 1. The van der Waals surface area contributed by atoms with Gasteiger partial charge in [-0.3, -0.25) is 0 Å². The summed E-state index contributed by atoms with van der Waals surface area (Å²) in [6.07, 6.45) is 2.52. The lowest BCUT2D eigenvalue weighted by atomic mass is 10.1. The third-order valence-electron chi connectivity index (χ3n) is 2.47. The molecule has 1 rings (SSSR count). The molecule has 1 aromatic rings. The van der Waals surface area contributed by atoms with Crippen molar-refractivity contribution in [2.24, 2.45) is 0 Å². The zero-order chi connectivity index (χ0) is 12.7. The van der Waals surface area contributed by atoms with Crippen LogP contribution in [0.3, 0.4) is 0 Å². The second-order valence-electron chi connectivity index (χ2n) is 5.03. The summed E-state index contributed by atoms with van der Waals surface area (Å²) in [4.78, 5) is 0. The van der Waals surface area contributed by atoms with E-state index in [9.17, 15) is 0 Å². The first-order valence-electron chi connectivity index (χ1n) is 6.57. The lowest BCUT2D eigenvalue weighted by Gasteiger charge is -2.11. The first-order chi connectivity index (χ1) is 8.08. The summed E-state index contributed by atoms with van der Waals surface area (Å²) in [5.41, 5.74) is 1.36. The third-order valence-corrected chi connectivity index (χ3v) is 2.47. The van der Waals surface area contributed by atoms with E-state index in [1.807, 2.05) is 6.07 Å². The van der Waals surface area contributed by atoms with Crippen LogP contribution in [0.15, 0.2) is 24.3 Å². The predicted octanol–water partition coefficient (Wildman–Crippen LogP) is 3.40. The third kappa shape index (κ3) is 6.32. The van der Waals surface area contributed by atoms with E-state index in [2.05, 4.69) is 51.2 Å². The maximum absolute atomic E-state index is 5.68. The molecule has 0 fully saturated rings. The predicted molar refractivity (Wildman–Crippen MR) is 73.7 cm³/mol. The van der Waals surface area contributed by atoms with Crippen LogP contribution in [-0.2, 0) is 6.42 Å². The Bertz CT molecular complexity index is 320. The molecule has 96 valence electrons. The highest BCUT2D eigenvalue weighted by molar-refractivity contribution is 5.28. The average molecular weight is 235 g/mol. The Labute approximate surface area is 105 Å². The first-order valence-corrected chi connectivity index (χ1v) is 6.57. The Hall–Kier alpha value is -1.02. The minimum absolute atomic E-state index is 0.243. The number of rotatable bonds is 7. The van der Waals surface area contributed by atoms with Gasteiger partial charge in [0, 0.05) is 6.04 Å². The van der Waals surface area contributed by atoms with E-state index in [-0.39, 0.29) is 6.10 Å². The van der Waals surface area contributed by atoms with Crippen LogP contribution in [0.1, 0.15) is 39.7 Å². The van der Waals surface area contributed by atoms with Gasteiger partial charge in [-0.05, 0) is 50.9 Å². The zero-order valence-corrected chi connectivity index (χ0v) is 11.5. The van der Waals surface area contributed by atoms with E-state index in [1.165, 1.54) is 12.0 Å². The Kier molecular flexibility index (Phi) is 6.06. The minimum Gasteiger partial charge on any atom is -0.491 e. The fraction of sp³-hybridized carbons (Fsp3) is 0.600. The summed E-state index contributed by atoms with van der Waals surface area (Å²) in [6.45, 7) is 9.54. The van der Waals surface area contributed by atoms with Crippen molar-refractivity contribution in [1.29, 1.82) is 0 Å². The number of benzene rings is 1. The van der Waals surface area contributed by atoms with Crippen LogP contribution in [0.25, 0.3) is 0 Å². The number of aryl methyl sites for hydroxylation is 1. The topological polar surface area (TPSA) is 21.3 Å². The first kappa shape index (κ1) is 14.0. The highest BCUT2D eigenvalue weighted by atomic mass is 16.5. The molecule has 2 heteroatoms. The van der Waals surface area contributed by atoms with Gasteiger partial charge in [-0.1, -0.05) is 26.0 Å². The average Bonchev–Trinajstić information content (AvgIpc) is 2.24. The van der Waals surface area contributed by atoms with Gasteiger partial charge in [-0.15, -0.1) is 0 Å². The molecule has 0 aromatic heterocycles. The van der Waals surface area contributed by atoms with Crippen LogP contribution in [0.4, 0.5) is 0 Å². The van der Waals surface area contributed by atoms with Crippen molar-refractivity contribution in [1.82, 2.24) is 5.32 Å². The summed E-state index contributed by atoms with van der Waals surface area (Å²) in [5.74, 6) is 0.981. The molecule has 0 unspecified atom stereocenters. The molecular weight excluding hydrogens is 210 g/mol. The smallest absolute Gasteiger partial charge is 0.119 e. The molecule has 0 atom stereocenters. The van der Waals surface area contributed by atoms with Crippen LogP contribution >= 0.6 is 0 Å². The van der Waals surface area contributed by atoms with Gasteiger partial charge in [-0.2, -0.15) is 0 Å². The second-order valence-corrected chi connectivity index (χ2v) is 5.03. The summed E-state index contributed by atoms with van der Waals surface area (Å²) in [6, 6.07) is 8.99. The molecule has 0 aliphatic heterocycles. The van der Waals surface area contributed by atoms with Gasteiger partial charge < -0.3 is 10.1 Å². The van der Waals surface area contributed by atoms with Gasteiger partial charge in [-0.25, -0.2) is 0 Å². The van der Waals surface area contributed by atoms with Crippen LogP contribution in [-0.4, -0.2) is 18.7 Å². The fourth-order valence-electron chi connectivity index (χ4n) is 1.73. The molecule has 2 nitrogen and oxygen atoms in total. The van der Waals surface area contributed by atoms with Crippen molar-refractivity contribution in [3.05, 3.63) is 29.8 Å². The summed E-state index contributed by atoms with van der Waals surface area (Å²) < 4.78 is 5.68. The van der Waals surface area contributed by atoms with E-state index in [0.717, 1.165) is 18.7 Å². The van der Waals surface area contributed by atoms with E-state index < -0.39 is 0 Å². The number of ether oxygens (including phenoxy) is 1. The Morgan fingerprint density at radius 3 is 2.59 bits per heavy atom. The lowest BCUT2D eigenvalue weighted by molar-refractivity contribution is 0.242. The Balaban J connectivity index is 2.37. The van der Waals surface area contributed by atoms with Gasteiger partial charge in [0.25, 0.3) is 0 Å². The highest BCUT2D eigenvalue weighted by Crippen LogP contribution is 2.15.